The molecule has 25 heavy (non-hydrogen) atoms. The Kier molecular flexibility index (Phi) is 5.81. The van der Waals surface area contributed by atoms with Gasteiger partial charge in [0.25, 0.3) is 0 Å². The molecule has 6 nitrogen and oxygen atoms in total. The average Bonchev–Trinajstić information content (AvgIpc) is 2.61. The average molecular weight is 373 g/mol. The second-order valence-corrected chi connectivity index (χ2v) is 6.70. The van der Waals surface area contributed by atoms with E-state index in [-0.39, 0.29) is 11.4 Å². The van der Waals surface area contributed by atoms with Crippen LogP contribution in [0.5, 0.6) is 17.2 Å². The third-order valence-electron chi connectivity index (χ3n) is 3.39. The molecule has 0 amide bonds. The van der Waals surface area contributed by atoms with Gasteiger partial charge in [0.2, 0.25) is 15.8 Å². The fraction of sp³-hybridized carbons (Fsp3) is 0.250. The van der Waals surface area contributed by atoms with Crippen LogP contribution >= 0.6 is 0 Å². The molecule has 0 saturated carbocycles. The Morgan fingerprint density at radius 3 is 2.00 bits per heavy atom. The topological polar surface area (TPSA) is 73.9 Å². The van der Waals surface area contributed by atoms with Crippen molar-refractivity contribution in [1.82, 2.24) is 4.72 Å². The predicted molar refractivity (Wildman–Crippen MR) is 86.5 cm³/mol. The van der Waals surface area contributed by atoms with Gasteiger partial charge in [0.05, 0.1) is 26.2 Å². The molecule has 0 aromatic heterocycles. The number of benzene rings is 2. The molecule has 0 spiro atoms. The minimum absolute atomic E-state index is 0.113. The first kappa shape index (κ1) is 18.9. The summed E-state index contributed by atoms with van der Waals surface area (Å²) in [7, 11) is 0.302. The van der Waals surface area contributed by atoms with Crippen molar-refractivity contribution in [2.45, 2.75) is 11.4 Å². The van der Waals surface area contributed by atoms with Gasteiger partial charge in [-0.3, -0.25) is 0 Å². The zero-order valence-corrected chi connectivity index (χ0v) is 14.6. The largest absolute Gasteiger partial charge is 0.493 e. The van der Waals surface area contributed by atoms with Crippen molar-refractivity contribution in [3.05, 3.63) is 47.5 Å². The fourth-order valence-corrected chi connectivity index (χ4v) is 3.17. The van der Waals surface area contributed by atoms with Gasteiger partial charge in [-0.15, -0.1) is 0 Å². The number of halogens is 2. The first-order valence-corrected chi connectivity index (χ1v) is 8.54. The number of sulfonamides is 1. The van der Waals surface area contributed by atoms with Crippen LogP contribution in [0.2, 0.25) is 0 Å². The second-order valence-electron chi connectivity index (χ2n) is 4.93. The lowest BCUT2D eigenvalue weighted by Gasteiger charge is -2.14. The highest BCUT2D eigenvalue weighted by atomic mass is 32.2. The quantitative estimate of drug-likeness (QED) is 0.807. The Morgan fingerprint density at radius 2 is 1.52 bits per heavy atom. The van der Waals surface area contributed by atoms with Gasteiger partial charge in [0.15, 0.2) is 23.1 Å². The second kappa shape index (κ2) is 7.66. The highest BCUT2D eigenvalue weighted by molar-refractivity contribution is 7.89. The van der Waals surface area contributed by atoms with Crippen LogP contribution in [-0.2, 0) is 16.6 Å². The molecule has 0 aliphatic rings. The Labute approximate surface area is 144 Å². The van der Waals surface area contributed by atoms with Gasteiger partial charge in [0.1, 0.15) is 0 Å². The van der Waals surface area contributed by atoms with Crippen LogP contribution in [-0.4, -0.2) is 29.7 Å². The zero-order valence-electron chi connectivity index (χ0n) is 13.8. The number of hydrogen-bond donors (Lipinski definition) is 1. The van der Waals surface area contributed by atoms with Crippen molar-refractivity contribution >= 4 is 10.0 Å². The summed E-state index contributed by atoms with van der Waals surface area (Å²) in [6.07, 6.45) is 0. The van der Waals surface area contributed by atoms with Crippen LogP contribution in [0.25, 0.3) is 0 Å². The predicted octanol–water partition coefficient (Wildman–Crippen LogP) is 2.47. The summed E-state index contributed by atoms with van der Waals surface area (Å²) in [4.78, 5) is -0.376. The van der Waals surface area contributed by atoms with Gasteiger partial charge in [-0.2, -0.15) is 0 Å². The van der Waals surface area contributed by atoms with Gasteiger partial charge in [0, 0.05) is 6.54 Å². The standard InChI is InChI=1S/C16H17F2NO5S/c1-22-14-6-10(7-15(23-2)16(14)24-3)9-19-25(20,21)11-4-5-12(17)13(18)8-11/h4-8,19H,9H2,1-3H3. The third kappa shape index (κ3) is 4.18. The minimum atomic E-state index is -4.02. The highest BCUT2D eigenvalue weighted by Gasteiger charge is 2.18. The van der Waals surface area contributed by atoms with Gasteiger partial charge in [-0.25, -0.2) is 21.9 Å². The maximum atomic E-state index is 13.2. The molecule has 2 aromatic carbocycles. The van der Waals surface area contributed by atoms with E-state index in [9.17, 15) is 17.2 Å². The molecule has 0 saturated heterocycles. The number of ether oxygens (including phenoxy) is 3. The molecule has 0 bridgehead atoms. The summed E-state index contributed by atoms with van der Waals surface area (Å²) in [5.41, 5.74) is 0.528. The van der Waals surface area contributed by atoms with Crippen molar-refractivity contribution in [1.29, 1.82) is 0 Å². The Hall–Kier alpha value is -2.39. The molecule has 0 aliphatic heterocycles. The van der Waals surface area contributed by atoms with E-state index in [0.717, 1.165) is 12.1 Å². The van der Waals surface area contributed by atoms with Crippen molar-refractivity contribution < 1.29 is 31.4 Å². The van der Waals surface area contributed by atoms with Crippen LogP contribution in [0, 0.1) is 11.6 Å². The molecule has 0 aliphatic carbocycles. The molecule has 136 valence electrons. The van der Waals surface area contributed by atoms with Crippen molar-refractivity contribution in [2.75, 3.05) is 21.3 Å². The van der Waals surface area contributed by atoms with Crippen LogP contribution in [0.3, 0.4) is 0 Å². The summed E-state index contributed by atoms with van der Waals surface area (Å²) in [5.74, 6) is -1.26. The molecular formula is C16H17F2NO5S. The Morgan fingerprint density at radius 1 is 0.920 bits per heavy atom. The van der Waals surface area contributed by atoms with Crippen molar-refractivity contribution in [3.8, 4) is 17.2 Å². The van der Waals surface area contributed by atoms with E-state index in [4.69, 9.17) is 14.2 Å². The van der Waals surface area contributed by atoms with E-state index in [1.54, 1.807) is 12.1 Å². The normalized spacial score (nSPS) is 11.2. The summed E-state index contributed by atoms with van der Waals surface area (Å²) >= 11 is 0. The van der Waals surface area contributed by atoms with Gasteiger partial charge < -0.3 is 14.2 Å². The summed E-state index contributed by atoms with van der Waals surface area (Å²) in [6, 6.07) is 5.51. The van der Waals surface area contributed by atoms with E-state index < -0.39 is 21.7 Å². The number of methoxy groups -OCH3 is 3. The smallest absolute Gasteiger partial charge is 0.240 e. The summed E-state index contributed by atoms with van der Waals surface area (Å²) in [6.45, 7) is -0.113. The molecule has 2 aromatic rings. The molecule has 0 radical (unpaired) electrons. The van der Waals surface area contributed by atoms with Gasteiger partial charge in [-0.1, -0.05) is 0 Å². The van der Waals surface area contributed by atoms with Gasteiger partial charge >= 0.3 is 0 Å². The highest BCUT2D eigenvalue weighted by Crippen LogP contribution is 2.38. The van der Waals surface area contributed by atoms with Crippen molar-refractivity contribution in [2.24, 2.45) is 0 Å². The molecule has 0 unspecified atom stereocenters. The lowest BCUT2D eigenvalue weighted by atomic mass is 10.2. The molecule has 2 rings (SSSR count). The number of hydrogen-bond acceptors (Lipinski definition) is 5. The third-order valence-corrected chi connectivity index (χ3v) is 4.79. The van der Waals surface area contributed by atoms with Crippen LogP contribution in [0.15, 0.2) is 35.2 Å². The van der Waals surface area contributed by atoms with Crippen molar-refractivity contribution in [3.63, 3.8) is 0 Å². The molecule has 0 atom stereocenters. The molecule has 0 fully saturated rings. The van der Waals surface area contributed by atoms with Crippen LogP contribution in [0.4, 0.5) is 8.78 Å². The molecule has 1 N–H and O–H groups in total. The first-order valence-electron chi connectivity index (χ1n) is 7.06. The van der Waals surface area contributed by atoms with E-state index in [1.807, 2.05) is 0 Å². The van der Waals surface area contributed by atoms with E-state index in [0.29, 0.717) is 28.9 Å². The fourth-order valence-electron chi connectivity index (χ4n) is 2.14. The van der Waals surface area contributed by atoms with Gasteiger partial charge in [-0.05, 0) is 35.9 Å². The van der Waals surface area contributed by atoms with E-state index >= 15 is 0 Å². The Bertz CT molecular complexity index is 846. The molecular weight excluding hydrogens is 356 g/mol. The van der Waals surface area contributed by atoms with E-state index in [1.165, 1.54) is 21.3 Å². The Balaban J connectivity index is 2.26. The van der Waals surface area contributed by atoms with Crippen LogP contribution in [0.1, 0.15) is 5.56 Å². The molecule has 9 heteroatoms. The minimum Gasteiger partial charge on any atom is -0.493 e. The number of nitrogens with one attached hydrogen (secondary N) is 1. The molecule has 0 heterocycles. The summed E-state index contributed by atoms with van der Waals surface area (Å²) < 4.78 is 68.5. The monoisotopic (exact) mass is 373 g/mol. The van der Waals surface area contributed by atoms with Crippen LogP contribution < -0.4 is 18.9 Å². The first-order chi connectivity index (χ1) is 11.8. The SMILES string of the molecule is COc1cc(CNS(=O)(=O)c2ccc(F)c(F)c2)cc(OC)c1OC. The lowest BCUT2D eigenvalue weighted by Crippen LogP contribution is -2.23. The maximum Gasteiger partial charge on any atom is 0.240 e. The zero-order chi connectivity index (χ0) is 18.6. The lowest BCUT2D eigenvalue weighted by molar-refractivity contribution is 0.323. The maximum absolute atomic E-state index is 13.2. The number of rotatable bonds is 7. The van der Waals surface area contributed by atoms with E-state index in [2.05, 4.69) is 4.72 Å². The summed E-state index contributed by atoms with van der Waals surface area (Å²) in [5, 5.41) is 0.